The van der Waals surface area contributed by atoms with Gasteiger partial charge in [0.15, 0.2) is 0 Å². The molecule has 2 heterocycles. The summed E-state index contributed by atoms with van der Waals surface area (Å²) in [4.78, 5) is 24.9. The zero-order valence-corrected chi connectivity index (χ0v) is 15.6. The first kappa shape index (κ1) is 18.8. The first-order valence-electron chi connectivity index (χ1n) is 9.20. The van der Waals surface area contributed by atoms with E-state index in [2.05, 4.69) is 15.7 Å². The Morgan fingerprint density at radius 1 is 1.10 bits per heavy atom. The monoisotopic (exact) mass is 396 g/mol. The van der Waals surface area contributed by atoms with Gasteiger partial charge in [-0.05, 0) is 48.4 Å². The van der Waals surface area contributed by atoms with Crippen molar-refractivity contribution in [2.24, 2.45) is 0 Å². The average molecular weight is 396 g/mol. The van der Waals surface area contributed by atoms with Crippen LogP contribution in [0.2, 0.25) is 0 Å². The highest BCUT2D eigenvalue weighted by Gasteiger charge is 2.36. The van der Waals surface area contributed by atoms with Gasteiger partial charge in [-0.25, -0.2) is 13.5 Å². The molecule has 1 aliphatic heterocycles. The van der Waals surface area contributed by atoms with Gasteiger partial charge >= 0.3 is 0 Å². The second kappa shape index (κ2) is 7.46. The maximum absolute atomic E-state index is 13.3. The lowest BCUT2D eigenvalue weighted by Gasteiger charge is -2.10. The van der Waals surface area contributed by atoms with E-state index in [1.807, 2.05) is 6.92 Å². The molecule has 0 saturated heterocycles. The summed E-state index contributed by atoms with van der Waals surface area (Å²) >= 11 is 0. The van der Waals surface area contributed by atoms with Crippen LogP contribution in [0.15, 0.2) is 48.5 Å². The quantitative estimate of drug-likeness (QED) is 0.687. The van der Waals surface area contributed by atoms with Gasteiger partial charge in [0.25, 0.3) is 5.91 Å². The van der Waals surface area contributed by atoms with E-state index in [-0.39, 0.29) is 24.1 Å². The Labute approximate surface area is 165 Å². The van der Waals surface area contributed by atoms with Gasteiger partial charge in [-0.3, -0.25) is 9.59 Å². The van der Waals surface area contributed by atoms with Gasteiger partial charge in [0.05, 0.1) is 12.1 Å². The molecular weight excluding hydrogens is 378 g/mol. The van der Waals surface area contributed by atoms with Crippen LogP contribution in [0.5, 0.6) is 0 Å². The SMILES string of the molecule is CCc1nn2c(c1-c1ccc(F)cc1)NC(=O)C2CC(=O)Nc1ccc(F)cc1. The molecule has 2 aromatic carbocycles. The number of amides is 2. The second-order valence-corrected chi connectivity index (χ2v) is 6.74. The minimum absolute atomic E-state index is 0.121. The van der Waals surface area contributed by atoms with Crippen molar-refractivity contribution in [3.05, 3.63) is 65.9 Å². The Bertz CT molecular complexity index is 1080. The highest BCUT2D eigenvalue weighted by atomic mass is 19.1. The number of halogens is 2. The molecular formula is C21H18F2N4O2. The summed E-state index contributed by atoms with van der Waals surface area (Å²) in [5.41, 5.74) is 2.65. The predicted molar refractivity (Wildman–Crippen MR) is 104 cm³/mol. The zero-order chi connectivity index (χ0) is 20.5. The molecule has 29 heavy (non-hydrogen) atoms. The first-order chi connectivity index (χ1) is 14.0. The van der Waals surface area contributed by atoms with E-state index in [1.165, 1.54) is 41.1 Å². The van der Waals surface area contributed by atoms with Gasteiger partial charge in [-0.2, -0.15) is 5.10 Å². The molecule has 0 fully saturated rings. The van der Waals surface area contributed by atoms with Gasteiger partial charge in [0, 0.05) is 11.3 Å². The smallest absolute Gasteiger partial charge is 0.251 e. The van der Waals surface area contributed by atoms with Crippen LogP contribution in [-0.4, -0.2) is 21.6 Å². The van der Waals surface area contributed by atoms with Crippen molar-refractivity contribution in [2.45, 2.75) is 25.8 Å². The summed E-state index contributed by atoms with van der Waals surface area (Å²) < 4.78 is 27.8. The van der Waals surface area contributed by atoms with Crippen LogP contribution in [0.3, 0.4) is 0 Å². The number of benzene rings is 2. The summed E-state index contributed by atoms with van der Waals surface area (Å²) in [7, 11) is 0. The van der Waals surface area contributed by atoms with Crippen LogP contribution in [0.4, 0.5) is 20.3 Å². The molecule has 2 amide bonds. The van der Waals surface area contributed by atoms with Crippen LogP contribution in [-0.2, 0) is 16.0 Å². The minimum Gasteiger partial charge on any atom is -0.326 e. The normalized spacial score (nSPS) is 15.1. The number of hydrogen-bond acceptors (Lipinski definition) is 3. The molecule has 1 atom stereocenters. The zero-order valence-electron chi connectivity index (χ0n) is 15.6. The summed E-state index contributed by atoms with van der Waals surface area (Å²) in [6.45, 7) is 1.93. The Hall–Kier alpha value is -3.55. The van der Waals surface area contributed by atoms with Gasteiger partial charge in [0.2, 0.25) is 5.91 Å². The lowest BCUT2D eigenvalue weighted by molar-refractivity contribution is -0.123. The standard InChI is InChI=1S/C21H18F2N4O2/c1-2-16-19(12-3-5-13(22)6-4-12)20-25-21(29)17(27(20)26-16)11-18(28)24-15-9-7-14(23)8-10-15/h3-10,17H,2,11H2,1H3,(H,24,28)(H,25,29). The molecule has 8 heteroatoms. The van der Waals surface area contributed by atoms with E-state index in [0.29, 0.717) is 17.9 Å². The molecule has 4 rings (SSSR count). The maximum Gasteiger partial charge on any atom is 0.251 e. The van der Waals surface area contributed by atoms with Crippen LogP contribution >= 0.6 is 0 Å². The summed E-state index contributed by atoms with van der Waals surface area (Å²) in [5.74, 6) is -0.984. The number of carbonyl (C=O) groups is 2. The number of anilines is 2. The van der Waals surface area contributed by atoms with Crippen molar-refractivity contribution < 1.29 is 18.4 Å². The van der Waals surface area contributed by atoms with Gasteiger partial charge in [-0.1, -0.05) is 19.1 Å². The third-order valence-corrected chi connectivity index (χ3v) is 4.80. The molecule has 148 valence electrons. The number of aromatic nitrogens is 2. The fourth-order valence-corrected chi connectivity index (χ4v) is 3.41. The second-order valence-electron chi connectivity index (χ2n) is 6.74. The molecule has 6 nitrogen and oxygen atoms in total. The molecule has 0 bridgehead atoms. The van der Waals surface area contributed by atoms with E-state index < -0.39 is 11.9 Å². The number of nitrogens with zero attached hydrogens (tertiary/aromatic N) is 2. The lowest BCUT2D eigenvalue weighted by atomic mass is 10.0. The van der Waals surface area contributed by atoms with Crippen LogP contribution < -0.4 is 10.6 Å². The van der Waals surface area contributed by atoms with Crippen molar-refractivity contribution in [1.82, 2.24) is 9.78 Å². The Morgan fingerprint density at radius 3 is 2.34 bits per heavy atom. The van der Waals surface area contributed by atoms with Gasteiger partial charge in [-0.15, -0.1) is 0 Å². The molecule has 2 N–H and O–H groups in total. The fraction of sp³-hybridized carbons (Fsp3) is 0.190. The first-order valence-corrected chi connectivity index (χ1v) is 9.20. The highest BCUT2D eigenvalue weighted by Crippen LogP contribution is 2.38. The molecule has 0 aliphatic carbocycles. The van der Waals surface area contributed by atoms with E-state index in [1.54, 1.807) is 12.1 Å². The van der Waals surface area contributed by atoms with Crippen LogP contribution in [0, 0.1) is 11.6 Å². The van der Waals surface area contributed by atoms with E-state index >= 15 is 0 Å². The molecule has 1 aromatic heterocycles. The topological polar surface area (TPSA) is 76.0 Å². The fourth-order valence-electron chi connectivity index (χ4n) is 3.41. The number of fused-ring (bicyclic) bond motifs is 1. The van der Waals surface area contributed by atoms with Crippen molar-refractivity contribution in [2.75, 3.05) is 10.6 Å². The summed E-state index contributed by atoms with van der Waals surface area (Å²) in [6.07, 6.45) is 0.487. The Kier molecular flexibility index (Phi) is 4.84. The van der Waals surface area contributed by atoms with Crippen molar-refractivity contribution >= 4 is 23.3 Å². The highest BCUT2D eigenvalue weighted by molar-refractivity contribution is 6.04. The number of rotatable bonds is 5. The largest absolute Gasteiger partial charge is 0.326 e. The predicted octanol–water partition coefficient (Wildman–Crippen LogP) is 3.91. The van der Waals surface area contributed by atoms with E-state index in [0.717, 1.165) is 16.8 Å². The van der Waals surface area contributed by atoms with Gasteiger partial charge < -0.3 is 10.6 Å². The van der Waals surface area contributed by atoms with Crippen molar-refractivity contribution in [3.63, 3.8) is 0 Å². The van der Waals surface area contributed by atoms with Crippen molar-refractivity contribution in [3.8, 4) is 11.1 Å². The average Bonchev–Trinajstić information content (AvgIpc) is 3.20. The number of carbonyl (C=O) groups excluding carboxylic acids is 2. The molecule has 0 saturated carbocycles. The Morgan fingerprint density at radius 2 is 1.72 bits per heavy atom. The maximum atomic E-state index is 13.3. The number of aryl methyl sites for hydroxylation is 1. The van der Waals surface area contributed by atoms with Crippen molar-refractivity contribution in [1.29, 1.82) is 0 Å². The molecule has 1 aliphatic rings. The molecule has 0 radical (unpaired) electrons. The van der Waals surface area contributed by atoms with E-state index in [4.69, 9.17) is 0 Å². The van der Waals surface area contributed by atoms with Crippen LogP contribution in [0.1, 0.15) is 25.1 Å². The Balaban J connectivity index is 1.60. The summed E-state index contributed by atoms with van der Waals surface area (Å²) in [5, 5.41) is 9.97. The molecule has 0 spiro atoms. The number of hydrogen-bond donors (Lipinski definition) is 2. The molecule has 3 aromatic rings. The van der Waals surface area contributed by atoms with Gasteiger partial charge in [0.1, 0.15) is 23.5 Å². The molecule has 1 unspecified atom stereocenters. The minimum atomic E-state index is -0.801. The van der Waals surface area contributed by atoms with Crippen LogP contribution in [0.25, 0.3) is 11.1 Å². The number of nitrogens with one attached hydrogen (secondary N) is 2. The third-order valence-electron chi connectivity index (χ3n) is 4.80. The van der Waals surface area contributed by atoms with E-state index in [9.17, 15) is 18.4 Å². The summed E-state index contributed by atoms with van der Waals surface area (Å²) in [6, 6.07) is 10.5. The lowest BCUT2D eigenvalue weighted by Crippen LogP contribution is -2.23. The third kappa shape index (κ3) is 3.61.